The van der Waals surface area contributed by atoms with E-state index in [1.54, 1.807) is 0 Å². The van der Waals surface area contributed by atoms with E-state index in [4.69, 9.17) is 0 Å². The van der Waals surface area contributed by atoms with Gasteiger partial charge in [-0.2, -0.15) is 0 Å². The van der Waals surface area contributed by atoms with Crippen molar-refractivity contribution in [2.75, 3.05) is 0 Å². The van der Waals surface area contributed by atoms with Crippen LogP contribution >= 0.6 is 15.9 Å². The fraction of sp³-hybridized carbons (Fsp3) is 0.714. The molecule has 0 N–H and O–H groups in total. The highest BCUT2D eigenvalue weighted by Gasteiger charge is 2.60. The van der Waals surface area contributed by atoms with Gasteiger partial charge in [0.2, 0.25) is 0 Å². The average Bonchev–Trinajstić information content (AvgIpc) is 2.80. The molecule has 3 fully saturated rings. The van der Waals surface area contributed by atoms with E-state index < -0.39 is 0 Å². The SMILES string of the molecule is C=C1C[C@@H]2[C@@H](CC[C@]3(C)C(=O)CC[C@@H]23)[C@@]2(C)CC(Br)C(=O)C(C)=C12. The molecule has 0 heterocycles. The van der Waals surface area contributed by atoms with Crippen molar-refractivity contribution in [3.63, 3.8) is 0 Å². The van der Waals surface area contributed by atoms with Crippen LogP contribution in [0.3, 0.4) is 0 Å². The number of carbonyl (C=O) groups excluding carboxylic acids is 2. The van der Waals surface area contributed by atoms with E-state index >= 15 is 0 Å². The predicted octanol–water partition coefficient (Wildman–Crippen LogP) is 5.02. The lowest BCUT2D eigenvalue weighted by Gasteiger charge is -2.58. The third kappa shape index (κ3) is 1.94. The maximum atomic E-state index is 12.5. The number of carbonyl (C=O) groups is 2. The first-order valence-electron chi connectivity index (χ1n) is 9.31. The minimum atomic E-state index is -0.105. The number of halogens is 1. The van der Waals surface area contributed by atoms with Crippen LogP contribution in [0, 0.1) is 28.6 Å². The molecule has 1 unspecified atom stereocenters. The molecule has 0 aliphatic heterocycles. The molecule has 24 heavy (non-hydrogen) atoms. The fourth-order valence-electron chi connectivity index (χ4n) is 6.88. The van der Waals surface area contributed by atoms with Crippen LogP contribution in [-0.2, 0) is 9.59 Å². The molecule has 0 aromatic carbocycles. The molecule has 0 spiro atoms. The smallest absolute Gasteiger partial charge is 0.172 e. The fourth-order valence-corrected chi connectivity index (χ4v) is 7.90. The Morgan fingerprint density at radius 3 is 2.50 bits per heavy atom. The molecule has 0 amide bonds. The summed E-state index contributed by atoms with van der Waals surface area (Å²) in [6, 6.07) is 0. The molecule has 3 heteroatoms. The number of fused-ring (bicyclic) bond motifs is 5. The van der Waals surface area contributed by atoms with Crippen LogP contribution in [0.25, 0.3) is 0 Å². The zero-order valence-corrected chi connectivity index (χ0v) is 16.5. The Morgan fingerprint density at radius 2 is 1.79 bits per heavy atom. The van der Waals surface area contributed by atoms with E-state index in [1.807, 2.05) is 6.92 Å². The molecule has 4 aliphatic rings. The molecular formula is C21H27BrO2. The van der Waals surface area contributed by atoms with Crippen molar-refractivity contribution in [2.45, 2.75) is 64.1 Å². The Morgan fingerprint density at radius 1 is 1.12 bits per heavy atom. The van der Waals surface area contributed by atoms with Crippen molar-refractivity contribution in [1.29, 1.82) is 0 Å². The topological polar surface area (TPSA) is 34.1 Å². The van der Waals surface area contributed by atoms with Crippen LogP contribution in [-0.4, -0.2) is 16.4 Å². The summed E-state index contributed by atoms with van der Waals surface area (Å²) in [4.78, 5) is 25.0. The Bertz CT molecular complexity index is 690. The summed E-state index contributed by atoms with van der Waals surface area (Å²) in [6.07, 6.45) is 5.78. The largest absolute Gasteiger partial charge is 0.299 e. The van der Waals surface area contributed by atoms with Crippen molar-refractivity contribution in [3.05, 3.63) is 23.3 Å². The Kier molecular flexibility index (Phi) is 3.60. The monoisotopic (exact) mass is 390 g/mol. The summed E-state index contributed by atoms with van der Waals surface area (Å²) in [5, 5.41) is 0. The van der Waals surface area contributed by atoms with Gasteiger partial charge in [-0.05, 0) is 73.3 Å². The zero-order chi connectivity index (χ0) is 17.4. The van der Waals surface area contributed by atoms with Crippen molar-refractivity contribution in [1.82, 2.24) is 0 Å². The number of hydrogen-bond donors (Lipinski definition) is 0. The molecule has 0 radical (unpaired) electrons. The van der Waals surface area contributed by atoms with Gasteiger partial charge in [0.1, 0.15) is 5.78 Å². The lowest BCUT2D eigenvalue weighted by molar-refractivity contribution is -0.132. The maximum absolute atomic E-state index is 12.5. The van der Waals surface area contributed by atoms with Gasteiger partial charge in [-0.3, -0.25) is 9.59 Å². The second-order valence-electron chi connectivity index (χ2n) is 9.06. The lowest BCUT2D eigenvalue weighted by Crippen LogP contribution is -2.52. The van der Waals surface area contributed by atoms with Gasteiger partial charge < -0.3 is 0 Å². The van der Waals surface area contributed by atoms with E-state index in [9.17, 15) is 9.59 Å². The van der Waals surface area contributed by atoms with E-state index in [0.29, 0.717) is 23.5 Å². The van der Waals surface area contributed by atoms with Gasteiger partial charge in [-0.25, -0.2) is 0 Å². The normalized spacial score (nSPS) is 48.2. The highest BCUT2D eigenvalue weighted by molar-refractivity contribution is 9.10. The summed E-state index contributed by atoms with van der Waals surface area (Å²) in [6.45, 7) is 10.9. The first-order valence-corrected chi connectivity index (χ1v) is 10.2. The number of rotatable bonds is 0. The highest BCUT2D eigenvalue weighted by Crippen LogP contribution is 2.66. The molecule has 0 bridgehead atoms. The second-order valence-corrected chi connectivity index (χ2v) is 10.2. The molecule has 3 saturated carbocycles. The van der Waals surface area contributed by atoms with E-state index in [1.165, 1.54) is 5.57 Å². The number of allylic oxidation sites excluding steroid dienone is 2. The van der Waals surface area contributed by atoms with E-state index in [0.717, 1.165) is 49.7 Å². The van der Waals surface area contributed by atoms with Crippen LogP contribution in [0.4, 0.5) is 0 Å². The maximum Gasteiger partial charge on any atom is 0.172 e. The van der Waals surface area contributed by atoms with Crippen molar-refractivity contribution < 1.29 is 9.59 Å². The van der Waals surface area contributed by atoms with Crippen LogP contribution in [0.2, 0.25) is 0 Å². The molecule has 6 atom stereocenters. The lowest BCUT2D eigenvalue weighted by atomic mass is 9.46. The quantitative estimate of drug-likeness (QED) is 0.544. The Hall–Kier alpha value is -0.700. The number of alkyl halides is 1. The van der Waals surface area contributed by atoms with Gasteiger partial charge in [-0.15, -0.1) is 0 Å². The number of Topliss-reactive ketones (excluding diaryl/α,β-unsaturated/α-hetero) is 2. The molecule has 2 nitrogen and oxygen atoms in total. The first kappa shape index (κ1) is 16.8. The molecule has 130 valence electrons. The van der Waals surface area contributed by atoms with Crippen molar-refractivity contribution >= 4 is 27.5 Å². The standard InChI is InChI=1S/C21H27BrO2/c1-11-9-13-14-5-6-17(23)20(14,3)8-7-15(13)21(4)10-16(22)19(24)12(2)18(11)21/h13-16H,1,5-10H2,2-4H3/t13-,14-,15+,16?,20-,21+/m0/s1. The second kappa shape index (κ2) is 5.16. The predicted molar refractivity (Wildman–Crippen MR) is 99.0 cm³/mol. The third-order valence-corrected chi connectivity index (χ3v) is 8.74. The minimum absolute atomic E-state index is 0.0269. The third-order valence-electron chi connectivity index (χ3n) is 8.00. The van der Waals surface area contributed by atoms with Gasteiger partial charge in [0.15, 0.2) is 5.78 Å². The zero-order valence-electron chi connectivity index (χ0n) is 15.0. The van der Waals surface area contributed by atoms with Gasteiger partial charge in [0.05, 0.1) is 4.83 Å². The van der Waals surface area contributed by atoms with E-state index in [-0.39, 0.29) is 21.4 Å². The van der Waals surface area contributed by atoms with Crippen LogP contribution in [0.15, 0.2) is 23.3 Å². The summed E-state index contributed by atoms with van der Waals surface area (Å²) in [5.41, 5.74) is 3.25. The van der Waals surface area contributed by atoms with Crippen molar-refractivity contribution in [3.8, 4) is 0 Å². The van der Waals surface area contributed by atoms with Crippen LogP contribution in [0.1, 0.15) is 59.3 Å². The van der Waals surface area contributed by atoms with E-state index in [2.05, 4.69) is 36.4 Å². The molecule has 0 aromatic rings. The Labute approximate surface area is 153 Å². The molecular weight excluding hydrogens is 364 g/mol. The van der Waals surface area contributed by atoms with Crippen molar-refractivity contribution in [2.24, 2.45) is 28.6 Å². The van der Waals surface area contributed by atoms with Gasteiger partial charge in [0.25, 0.3) is 0 Å². The average molecular weight is 391 g/mol. The van der Waals surface area contributed by atoms with Crippen LogP contribution in [0.5, 0.6) is 0 Å². The molecule has 0 saturated heterocycles. The number of ketones is 2. The molecule has 0 aromatic heterocycles. The molecule has 4 aliphatic carbocycles. The molecule has 4 rings (SSSR count). The van der Waals surface area contributed by atoms with Crippen LogP contribution < -0.4 is 0 Å². The summed E-state index contributed by atoms with van der Waals surface area (Å²) < 4.78 is 0. The highest BCUT2D eigenvalue weighted by atomic mass is 79.9. The van der Waals surface area contributed by atoms with Gasteiger partial charge >= 0.3 is 0 Å². The van der Waals surface area contributed by atoms with Gasteiger partial charge in [-0.1, -0.05) is 41.9 Å². The summed E-state index contributed by atoms with van der Waals surface area (Å²) >= 11 is 3.64. The summed E-state index contributed by atoms with van der Waals surface area (Å²) in [7, 11) is 0. The minimum Gasteiger partial charge on any atom is -0.299 e. The Balaban J connectivity index is 1.81. The summed E-state index contributed by atoms with van der Waals surface area (Å²) in [5.74, 6) is 2.35. The first-order chi connectivity index (χ1) is 11.2. The van der Waals surface area contributed by atoms with Gasteiger partial charge in [0, 0.05) is 11.8 Å². The number of hydrogen-bond acceptors (Lipinski definition) is 2.